The molecule has 2 heterocycles. The van der Waals surface area contributed by atoms with Crippen molar-refractivity contribution in [1.29, 1.82) is 0 Å². The molecule has 1 aromatic carbocycles. The quantitative estimate of drug-likeness (QED) is 0.730. The Morgan fingerprint density at radius 3 is 2.71 bits per heavy atom. The molecule has 0 spiro atoms. The maximum absolute atomic E-state index is 12.1. The average Bonchev–Trinajstić information content (AvgIpc) is 2.88. The van der Waals surface area contributed by atoms with E-state index in [1.807, 2.05) is 29.0 Å². The molecule has 1 amide bonds. The van der Waals surface area contributed by atoms with Gasteiger partial charge < -0.3 is 4.74 Å². The minimum Gasteiger partial charge on any atom is -0.497 e. The van der Waals surface area contributed by atoms with Crippen molar-refractivity contribution in [3.63, 3.8) is 0 Å². The summed E-state index contributed by atoms with van der Waals surface area (Å²) in [6.45, 7) is 2.01. The summed E-state index contributed by atoms with van der Waals surface area (Å²) in [7, 11) is 1.58. The topological polar surface area (TPSA) is 56.0 Å². The molecule has 2 aromatic heterocycles. The number of hydrogen-bond donors (Lipinski definition) is 0. The monoisotopic (exact) mass is 299 g/mol. The van der Waals surface area contributed by atoms with Gasteiger partial charge in [0.2, 0.25) is 4.80 Å². The van der Waals surface area contributed by atoms with Crippen LogP contribution < -0.4 is 9.54 Å². The van der Waals surface area contributed by atoms with Crippen LogP contribution in [0, 0.1) is 6.92 Å². The third-order valence-corrected chi connectivity index (χ3v) is 3.80. The molecule has 3 rings (SSSR count). The number of methoxy groups -OCH3 is 1. The van der Waals surface area contributed by atoms with Crippen LogP contribution in [0.15, 0.2) is 47.6 Å². The van der Waals surface area contributed by atoms with Crippen molar-refractivity contribution >= 4 is 23.1 Å². The lowest BCUT2D eigenvalue weighted by atomic mass is 10.2. The molecule has 0 N–H and O–H groups in total. The number of carbonyl (C=O) groups excluding carboxylic acids is 1. The minimum atomic E-state index is -0.311. The first-order valence-corrected chi connectivity index (χ1v) is 7.12. The normalized spacial score (nSPS) is 11.8. The lowest BCUT2D eigenvalue weighted by molar-refractivity contribution is 0.0998. The Morgan fingerprint density at radius 1 is 1.24 bits per heavy atom. The van der Waals surface area contributed by atoms with Gasteiger partial charge >= 0.3 is 0 Å². The molecule has 0 fully saturated rings. The summed E-state index contributed by atoms with van der Waals surface area (Å²) >= 11 is 1.34. The number of amides is 1. The van der Waals surface area contributed by atoms with Crippen LogP contribution in [0.25, 0.3) is 5.65 Å². The van der Waals surface area contributed by atoms with Gasteiger partial charge in [-0.05, 0) is 54.4 Å². The van der Waals surface area contributed by atoms with E-state index in [0.717, 1.165) is 11.2 Å². The first-order valence-electron chi connectivity index (χ1n) is 6.35. The number of benzene rings is 1. The van der Waals surface area contributed by atoms with Crippen molar-refractivity contribution in [1.82, 2.24) is 8.77 Å². The number of rotatable bonds is 2. The first-order chi connectivity index (χ1) is 10.2. The number of nitrogens with zero attached hydrogens (tertiary/aromatic N) is 3. The van der Waals surface area contributed by atoms with Gasteiger partial charge in [-0.15, -0.1) is 0 Å². The Kier molecular flexibility index (Phi) is 3.53. The van der Waals surface area contributed by atoms with Crippen LogP contribution in [-0.4, -0.2) is 21.8 Å². The van der Waals surface area contributed by atoms with Gasteiger partial charge in [-0.3, -0.25) is 8.58 Å². The van der Waals surface area contributed by atoms with Gasteiger partial charge in [0.25, 0.3) is 5.91 Å². The molecule has 0 unspecified atom stereocenters. The third kappa shape index (κ3) is 2.85. The SMILES string of the molecule is COc1ccc(C(=O)N=c2nc3ccc(C)cn3s2)cc1. The fraction of sp³-hybridized carbons (Fsp3) is 0.133. The Balaban J connectivity index is 1.96. The van der Waals surface area contributed by atoms with E-state index in [4.69, 9.17) is 4.74 Å². The van der Waals surface area contributed by atoms with Crippen LogP contribution in [0.2, 0.25) is 0 Å². The Morgan fingerprint density at radius 2 is 2.00 bits per heavy atom. The standard InChI is InChI=1S/C15H13N3O2S/c1-10-3-8-13-16-15(21-18(13)9-10)17-14(19)11-4-6-12(20-2)7-5-11/h3-9H,1-2H3. The average molecular weight is 299 g/mol. The van der Waals surface area contributed by atoms with E-state index >= 15 is 0 Å². The van der Waals surface area contributed by atoms with Gasteiger partial charge in [0, 0.05) is 11.8 Å². The van der Waals surface area contributed by atoms with Gasteiger partial charge in [0.1, 0.15) is 11.4 Å². The maximum Gasteiger partial charge on any atom is 0.279 e. The van der Waals surface area contributed by atoms with E-state index in [9.17, 15) is 4.79 Å². The summed E-state index contributed by atoms with van der Waals surface area (Å²) in [5.41, 5.74) is 2.42. The van der Waals surface area contributed by atoms with E-state index in [1.54, 1.807) is 31.4 Å². The number of pyridine rings is 1. The lowest BCUT2D eigenvalue weighted by Crippen LogP contribution is -2.04. The number of carbonyl (C=O) groups is 1. The zero-order valence-corrected chi connectivity index (χ0v) is 12.4. The predicted octanol–water partition coefficient (Wildman–Crippen LogP) is 2.45. The maximum atomic E-state index is 12.1. The summed E-state index contributed by atoms with van der Waals surface area (Å²) < 4.78 is 6.96. The molecule has 0 radical (unpaired) electrons. The molecule has 0 saturated carbocycles. The second-order valence-corrected chi connectivity index (χ2v) is 5.46. The Labute approximate surface area is 125 Å². The van der Waals surface area contributed by atoms with E-state index in [-0.39, 0.29) is 5.91 Å². The van der Waals surface area contributed by atoms with Crippen LogP contribution in [0.5, 0.6) is 5.75 Å². The zero-order valence-electron chi connectivity index (χ0n) is 11.6. The highest BCUT2D eigenvalue weighted by Gasteiger charge is 2.05. The third-order valence-electron chi connectivity index (χ3n) is 2.97. The summed E-state index contributed by atoms with van der Waals surface area (Å²) in [6, 6.07) is 10.7. The zero-order chi connectivity index (χ0) is 14.8. The molecule has 0 bridgehead atoms. The van der Waals surface area contributed by atoms with Crippen molar-refractivity contribution < 1.29 is 9.53 Å². The number of fused-ring (bicyclic) bond motifs is 1. The Hall–Kier alpha value is -2.47. The van der Waals surface area contributed by atoms with Crippen molar-refractivity contribution in [2.75, 3.05) is 7.11 Å². The van der Waals surface area contributed by atoms with Gasteiger partial charge in [-0.25, -0.2) is 0 Å². The van der Waals surface area contributed by atoms with Gasteiger partial charge in [-0.1, -0.05) is 6.07 Å². The van der Waals surface area contributed by atoms with Crippen LogP contribution in [0.3, 0.4) is 0 Å². The smallest absolute Gasteiger partial charge is 0.279 e. The van der Waals surface area contributed by atoms with Gasteiger partial charge in [0.05, 0.1) is 7.11 Å². The number of aromatic nitrogens is 2. The summed E-state index contributed by atoms with van der Waals surface area (Å²) in [5, 5.41) is 0. The van der Waals surface area contributed by atoms with E-state index in [0.29, 0.717) is 16.1 Å². The van der Waals surface area contributed by atoms with Crippen molar-refractivity contribution in [3.8, 4) is 5.75 Å². The second-order valence-electron chi connectivity index (χ2n) is 4.52. The molecule has 0 saturated heterocycles. The largest absolute Gasteiger partial charge is 0.497 e. The van der Waals surface area contributed by atoms with E-state index in [2.05, 4.69) is 9.98 Å². The molecular weight excluding hydrogens is 286 g/mol. The molecule has 0 aliphatic carbocycles. The molecular formula is C15H13N3O2S. The van der Waals surface area contributed by atoms with E-state index in [1.165, 1.54) is 11.5 Å². The fourth-order valence-corrected chi connectivity index (χ4v) is 2.72. The van der Waals surface area contributed by atoms with Gasteiger partial charge in [-0.2, -0.15) is 9.98 Å². The van der Waals surface area contributed by atoms with Crippen molar-refractivity contribution in [2.45, 2.75) is 6.92 Å². The summed E-state index contributed by atoms with van der Waals surface area (Å²) in [5.74, 6) is 0.395. The van der Waals surface area contributed by atoms with Crippen LogP contribution in [0.4, 0.5) is 0 Å². The van der Waals surface area contributed by atoms with Crippen molar-refractivity contribution in [2.24, 2.45) is 4.99 Å². The fourth-order valence-electron chi connectivity index (χ4n) is 1.87. The summed E-state index contributed by atoms with van der Waals surface area (Å²) in [4.78, 5) is 20.9. The molecule has 0 atom stereocenters. The highest BCUT2D eigenvalue weighted by Crippen LogP contribution is 2.12. The van der Waals surface area contributed by atoms with Crippen LogP contribution >= 0.6 is 11.5 Å². The van der Waals surface area contributed by atoms with Crippen molar-refractivity contribution in [3.05, 3.63) is 58.5 Å². The number of ether oxygens (including phenoxy) is 1. The number of hydrogen-bond acceptors (Lipinski definition) is 4. The minimum absolute atomic E-state index is 0.311. The predicted molar refractivity (Wildman–Crippen MR) is 80.7 cm³/mol. The van der Waals surface area contributed by atoms with E-state index < -0.39 is 0 Å². The Bertz CT molecular complexity index is 863. The second kappa shape index (κ2) is 5.49. The van der Waals surface area contributed by atoms with Crippen LogP contribution in [0.1, 0.15) is 15.9 Å². The molecule has 106 valence electrons. The van der Waals surface area contributed by atoms with Gasteiger partial charge in [0.15, 0.2) is 0 Å². The first kappa shape index (κ1) is 13.5. The lowest BCUT2D eigenvalue weighted by Gasteiger charge is -1.98. The molecule has 0 aliphatic heterocycles. The molecule has 21 heavy (non-hydrogen) atoms. The summed E-state index contributed by atoms with van der Waals surface area (Å²) in [6.07, 6.45) is 1.96. The molecule has 0 aliphatic rings. The molecule has 6 heteroatoms. The number of aryl methyl sites for hydroxylation is 1. The van der Waals surface area contributed by atoms with Crippen LogP contribution in [-0.2, 0) is 0 Å². The highest BCUT2D eigenvalue weighted by atomic mass is 32.1. The highest BCUT2D eigenvalue weighted by molar-refractivity contribution is 7.03. The molecule has 5 nitrogen and oxygen atoms in total. The molecule has 3 aromatic rings.